The molecular weight excluding hydrogens is 252 g/mol. The van der Waals surface area contributed by atoms with Crippen molar-refractivity contribution in [2.45, 2.75) is 13.3 Å². The summed E-state index contributed by atoms with van der Waals surface area (Å²) in [6, 6.07) is 10.6. The zero-order chi connectivity index (χ0) is 14.3. The van der Waals surface area contributed by atoms with Gasteiger partial charge in [0.25, 0.3) is 5.91 Å². The van der Waals surface area contributed by atoms with Gasteiger partial charge < -0.3 is 15.7 Å². The van der Waals surface area contributed by atoms with Crippen molar-refractivity contribution >= 4 is 17.3 Å². The molecule has 1 aliphatic rings. The van der Waals surface area contributed by atoms with Gasteiger partial charge in [0.1, 0.15) is 5.75 Å². The molecule has 0 atom stereocenters. The summed E-state index contributed by atoms with van der Waals surface area (Å²) in [6.07, 6.45) is 0.809. The van der Waals surface area contributed by atoms with Crippen LogP contribution in [-0.2, 0) is 6.42 Å². The highest BCUT2D eigenvalue weighted by Crippen LogP contribution is 2.31. The number of amides is 1. The van der Waals surface area contributed by atoms with Gasteiger partial charge in [-0.2, -0.15) is 0 Å². The van der Waals surface area contributed by atoms with Gasteiger partial charge >= 0.3 is 0 Å². The second kappa shape index (κ2) is 4.56. The van der Waals surface area contributed by atoms with Crippen molar-refractivity contribution < 1.29 is 9.90 Å². The lowest BCUT2D eigenvalue weighted by Gasteiger charge is -2.18. The molecule has 1 aliphatic heterocycles. The standard InChI is InChI=1S/C16H16N2O2/c1-10-2-3-12(9-15(10)19)16(20)18-7-6-11-8-13(17)4-5-14(11)18/h2-5,8-9,19H,6-7,17H2,1H3. The van der Waals surface area contributed by atoms with Gasteiger partial charge in [0.05, 0.1) is 0 Å². The molecule has 3 rings (SSSR count). The maximum absolute atomic E-state index is 12.5. The van der Waals surface area contributed by atoms with E-state index < -0.39 is 0 Å². The van der Waals surface area contributed by atoms with E-state index in [4.69, 9.17) is 5.73 Å². The van der Waals surface area contributed by atoms with Crippen LogP contribution in [0.3, 0.4) is 0 Å². The number of nitrogen functional groups attached to an aromatic ring is 1. The predicted octanol–water partition coefficient (Wildman–Crippen LogP) is 2.49. The minimum atomic E-state index is -0.0937. The van der Waals surface area contributed by atoms with E-state index in [1.807, 2.05) is 12.1 Å². The van der Waals surface area contributed by atoms with Gasteiger partial charge in [-0.25, -0.2) is 0 Å². The highest BCUT2D eigenvalue weighted by molar-refractivity contribution is 6.07. The molecule has 102 valence electrons. The molecule has 4 nitrogen and oxygen atoms in total. The van der Waals surface area contributed by atoms with E-state index in [9.17, 15) is 9.90 Å². The summed E-state index contributed by atoms with van der Waals surface area (Å²) in [5, 5.41) is 9.74. The van der Waals surface area contributed by atoms with E-state index in [2.05, 4.69) is 0 Å². The number of nitrogens with zero attached hydrogens (tertiary/aromatic N) is 1. The van der Waals surface area contributed by atoms with Crippen molar-refractivity contribution in [1.82, 2.24) is 0 Å². The van der Waals surface area contributed by atoms with Gasteiger partial charge in [0.15, 0.2) is 0 Å². The normalized spacial score (nSPS) is 13.3. The summed E-state index contributed by atoms with van der Waals surface area (Å²) in [7, 11) is 0. The minimum absolute atomic E-state index is 0.0937. The molecule has 0 spiro atoms. The van der Waals surface area contributed by atoms with Gasteiger partial charge in [-0.05, 0) is 54.8 Å². The van der Waals surface area contributed by atoms with Gasteiger partial charge in [0, 0.05) is 23.5 Å². The Morgan fingerprint density at radius 3 is 2.80 bits per heavy atom. The molecule has 0 aliphatic carbocycles. The summed E-state index contributed by atoms with van der Waals surface area (Å²) in [5.41, 5.74) is 9.73. The van der Waals surface area contributed by atoms with Crippen LogP contribution in [0.15, 0.2) is 36.4 Å². The van der Waals surface area contributed by atoms with Crippen molar-refractivity contribution in [3.8, 4) is 5.75 Å². The van der Waals surface area contributed by atoms with Crippen LogP contribution in [-0.4, -0.2) is 17.6 Å². The number of aromatic hydroxyl groups is 1. The number of carbonyl (C=O) groups excluding carboxylic acids is 1. The summed E-state index contributed by atoms with van der Waals surface area (Å²) < 4.78 is 0. The highest BCUT2D eigenvalue weighted by Gasteiger charge is 2.25. The lowest BCUT2D eigenvalue weighted by molar-refractivity contribution is 0.0989. The minimum Gasteiger partial charge on any atom is -0.508 e. The zero-order valence-corrected chi connectivity index (χ0v) is 11.3. The van der Waals surface area contributed by atoms with Crippen molar-refractivity contribution in [3.63, 3.8) is 0 Å². The SMILES string of the molecule is Cc1ccc(C(=O)N2CCc3cc(N)ccc32)cc1O. The third-order valence-electron chi connectivity index (χ3n) is 3.70. The van der Waals surface area contributed by atoms with Crippen LogP contribution >= 0.6 is 0 Å². The van der Waals surface area contributed by atoms with Crippen LogP contribution in [0.25, 0.3) is 0 Å². The van der Waals surface area contributed by atoms with Gasteiger partial charge in [0.2, 0.25) is 0 Å². The Morgan fingerprint density at radius 2 is 2.05 bits per heavy atom. The Hall–Kier alpha value is -2.49. The number of hydrogen-bond donors (Lipinski definition) is 2. The Kier molecular flexibility index (Phi) is 2.86. The number of phenolic OH excluding ortho intramolecular Hbond substituents is 1. The molecule has 1 amide bonds. The number of anilines is 2. The quantitative estimate of drug-likeness (QED) is 0.781. The van der Waals surface area contributed by atoms with Gasteiger partial charge in [-0.15, -0.1) is 0 Å². The molecule has 3 N–H and O–H groups in total. The summed E-state index contributed by atoms with van der Waals surface area (Å²) in [5.74, 6) is 0.0522. The molecule has 2 aromatic rings. The number of fused-ring (bicyclic) bond motifs is 1. The van der Waals surface area contributed by atoms with Crippen LogP contribution in [0.2, 0.25) is 0 Å². The number of benzene rings is 2. The molecule has 2 aromatic carbocycles. The number of aryl methyl sites for hydroxylation is 1. The zero-order valence-electron chi connectivity index (χ0n) is 11.3. The maximum Gasteiger partial charge on any atom is 0.258 e. The molecule has 0 bridgehead atoms. The van der Waals surface area contributed by atoms with E-state index in [1.54, 1.807) is 30.0 Å². The Bertz CT molecular complexity index is 695. The van der Waals surface area contributed by atoms with Crippen molar-refractivity contribution in [1.29, 1.82) is 0 Å². The Balaban J connectivity index is 1.95. The average molecular weight is 268 g/mol. The van der Waals surface area contributed by atoms with Crippen molar-refractivity contribution in [3.05, 3.63) is 53.1 Å². The van der Waals surface area contributed by atoms with Crippen LogP contribution in [0.5, 0.6) is 5.75 Å². The smallest absolute Gasteiger partial charge is 0.258 e. The van der Waals surface area contributed by atoms with E-state index in [-0.39, 0.29) is 11.7 Å². The first-order valence-corrected chi connectivity index (χ1v) is 6.56. The fourth-order valence-electron chi connectivity index (χ4n) is 2.53. The number of phenols is 1. The lowest BCUT2D eigenvalue weighted by atomic mass is 10.1. The van der Waals surface area contributed by atoms with E-state index in [1.165, 1.54) is 6.07 Å². The predicted molar refractivity (Wildman–Crippen MR) is 79.1 cm³/mol. The third-order valence-corrected chi connectivity index (χ3v) is 3.70. The van der Waals surface area contributed by atoms with Crippen molar-refractivity contribution in [2.24, 2.45) is 0 Å². The summed E-state index contributed by atoms with van der Waals surface area (Å²) in [6.45, 7) is 2.45. The van der Waals surface area contributed by atoms with E-state index >= 15 is 0 Å². The van der Waals surface area contributed by atoms with Crippen molar-refractivity contribution in [2.75, 3.05) is 17.2 Å². The molecular formula is C16H16N2O2. The van der Waals surface area contributed by atoms with Crippen LogP contribution in [0.1, 0.15) is 21.5 Å². The Morgan fingerprint density at radius 1 is 1.25 bits per heavy atom. The van der Waals surface area contributed by atoms with Gasteiger partial charge in [-0.1, -0.05) is 6.07 Å². The molecule has 4 heteroatoms. The van der Waals surface area contributed by atoms with Crippen LogP contribution < -0.4 is 10.6 Å². The van der Waals surface area contributed by atoms with E-state index in [0.717, 1.165) is 23.2 Å². The maximum atomic E-state index is 12.5. The molecule has 0 radical (unpaired) electrons. The van der Waals surface area contributed by atoms with E-state index in [0.29, 0.717) is 17.8 Å². The fourth-order valence-corrected chi connectivity index (χ4v) is 2.53. The molecule has 0 saturated heterocycles. The number of nitrogens with two attached hydrogens (primary N) is 1. The first-order valence-electron chi connectivity index (χ1n) is 6.56. The fraction of sp³-hybridized carbons (Fsp3) is 0.188. The largest absolute Gasteiger partial charge is 0.508 e. The molecule has 20 heavy (non-hydrogen) atoms. The molecule has 0 aromatic heterocycles. The van der Waals surface area contributed by atoms with Crippen LogP contribution in [0, 0.1) is 6.92 Å². The second-order valence-corrected chi connectivity index (χ2v) is 5.10. The number of rotatable bonds is 1. The first kappa shape index (κ1) is 12.5. The third kappa shape index (κ3) is 1.99. The molecule has 0 fully saturated rings. The van der Waals surface area contributed by atoms with Crippen LogP contribution in [0.4, 0.5) is 11.4 Å². The first-order chi connectivity index (χ1) is 9.56. The highest BCUT2D eigenvalue weighted by atomic mass is 16.3. The monoisotopic (exact) mass is 268 g/mol. The Labute approximate surface area is 117 Å². The molecule has 1 heterocycles. The molecule has 0 saturated carbocycles. The second-order valence-electron chi connectivity index (χ2n) is 5.10. The number of hydrogen-bond acceptors (Lipinski definition) is 3. The number of carbonyl (C=O) groups is 1. The summed E-state index contributed by atoms with van der Waals surface area (Å²) in [4.78, 5) is 14.3. The average Bonchev–Trinajstić information content (AvgIpc) is 2.84. The topological polar surface area (TPSA) is 66.6 Å². The summed E-state index contributed by atoms with van der Waals surface area (Å²) >= 11 is 0. The van der Waals surface area contributed by atoms with Gasteiger partial charge in [-0.3, -0.25) is 4.79 Å². The lowest BCUT2D eigenvalue weighted by Crippen LogP contribution is -2.28. The molecule has 0 unspecified atom stereocenters.